The van der Waals surface area contributed by atoms with Gasteiger partial charge < -0.3 is 23.8 Å². The summed E-state index contributed by atoms with van der Waals surface area (Å²) in [5.41, 5.74) is 0. The zero-order chi connectivity index (χ0) is 40.0. The first kappa shape index (κ1) is 51.3. The molecule has 0 aliphatic carbocycles. The maximum Gasteiger partial charge on any atom is 0.362 e. The average molecular weight is 761 g/mol. The highest BCUT2D eigenvalue weighted by atomic mass is 16.6. The molecule has 0 amide bonds. The second kappa shape index (κ2) is 37.2. The lowest BCUT2D eigenvalue weighted by Gasteiger charge is -2.31. The number of carboxylic acid groups (broad SMARTS) is 1. The van der Waals surface area contributed by atoms with Crippen molar-refractivity contribution in [2.75, 3.05) is 41.0 Å². The van der Waals surface area contributed by atoms with Crippen molar-refractivity contribution < 1.29 is 38.2 Å². The van der Waals surface area contributed by atoms with Gasteiger partial charge in [0.05, 0.1) is 34.4 Å². The number of carbonyl (C=O) groups excluding carboxylic acids is 2. The summed E-state index contributed by atoms with van der Waals surface area (Å²) in [6.45, 7) is 4.47. The van der Waals surface area contributed by atoms with Gasteiger partial charge in [-0.05, 0) is 64.2 Å². The Kier molecular flexibility index (Phi) is 35.4. The fraction of sp³-hybridized carbons (Fsp3) is 0.761. The smallest absolute Gasteiger partial charge is 0.362 e. The molecule has 54 heavy (non-hydrogen) atoms. The van der Waals surface area contributed by atoms with Crippen molar-refractivity contribution in [2.45, 2.75) is 187 Å². The first-order valence-corrected chi connectivity index (χ1v) is 21.7. The van der Waals surface area contributed by atoms with Crippen LogP contribution in [0.25, 0.3) is 0 Å². The van der Waals surface area contributed by atoms with Crippen molar-refractivity contribution in [1.82, 2.24) is 0 Å². The number of quaternary nitrogens is 1. The van der Waals surface area contributed by atoms with Crippen LogP contribution < -0.4 is 0 Å². The van der Waals surface area contributed by atoms with Crippen molar-refractivity contribution in [3.63, 3.8) is 0 Å². The molecule has 0 fully saturated rings. The minimum Gasteiger partial charge on any atom is -0.477 e. The van der Waals surface area contributed by atoms with E-state index in [4.69, 9.17) is 14.2 Å². The summed E-state index contributed by atoms with van der Waals surface area (Å²) in [6.07, 6.45) is 43.2. The van der Waals surface area contributed by atoms with Gasteiger partial charge in [-0.25, -0.2) is 4.79 Å². The molecule has 0 bridgehead atoms. The van der Waals surface area contributed by atoms with Crippen molar-refractivity contribution in [2.24, 2.45) is 0 Å². The second-order valence-corrected chi connectivity index (χ2v) is 15.5. The molecule has 0 aliphatic heterocycles. The van der Waals surface area contributed by atoms with Gasteiger partial charge >= 0.3 is 17.9 Å². The number of rotatable bonds is 38. The van der Waals surface area contributed by atoms with Gasteiger partial charge in [0, 0.05) is 19.3 Å². The third kappa shape index (κ3) is 35.0. The van der Waals surface area contributed by atoms with Gasteiger partial charge in [-0.2, -0.15) is 0 Å². The van der Waals surface area contributed by atoms with Crippen LogP contribution in [0.5, 0.6) is 0 Å². The molecule has 0 heterocycles. The molecule has 0 aromatic rings. The van der Waals surface area contributed by atoms with Gasteiger partial charge in [-0.3, -0.25) is 9.59 Å². The molecule has 0 radical (unpaired) electrons. The zero-order valence-corrected chi connectivity index (χ0v) is 35.4. The summed E-state index contributed by atoms with van der Waals surface area (Å²) in [5.74, 6) is -1.51. The normalized spacial score (nSPS) is 13.4. The zero-order valence-electron chi connectivity index (χ0n) is 35.4. The van der Waals surface area contributed by atoms with E-state index in [0.29, 0.717) is 19.3 Å². The molecule has 312 valence electrons. The molecule has 2 unspecified atom stereocenters. The maximum atomic E-state index is 12.7. The molecule has 0 spiro atoms. The van der Waals surface area contributed by atoms with Crippen LogP contribution >= 0.6 is 0 Å². The molecule has 1 N–H and O–H groups in total. The van der Waals surface area contributed by atoms with Crippen molar-refractivity contribution in [3.8, 4) is 0 Å². The summed E-state index contributed by atoms with van der Waals surface area (Å²) < 4.78 is 17.2. The number of aliphatic carboxylic acids is 1. The van der Waals surface area contributed by atoms with Crippen LogP contribution in [0.2, 0.25) is 0 Å². The number of carbonyl (C=O) groups is 3. The number of nitrogens with zero attached hydrogens (tertiary/aromatic N) is 1. The third-order valence-corrected chi connectivity index (χ3v) is 9.47. The Morgan fingerprint density at radius 1 is 0.556 bits per heavy atom. The van der Waals surface area contributed by atoms with E-state index in [9.17, 15) is 19.5 Å². The second-order valence-electron chi connectivity index (χ2n) is 15.5. The molecule has 8 nitrogen and oxygen atoms in total. The van der Waals surface area contributed by atoms with E-state index in [-0.39, 0.29) is 36.2 Å². The van der Waals surface area contributed by atoms with E-state index >= 15 is 0 Å². The fourth-order valence-electron chi connectivity index (χ4n) is 6.17. The SMILES string of the molecule is CC/C=C/C/C=C/CCCCCCCCCCCCCCCCC(=O)OC(COCCC(C(=O)O)[N+](C)(C)C)COC(=O)CCCC/C=C/C/C=C/CC. The Hall–Kier alpha value is -2.71. The molecule has 0 aromatic heterocycles. The number of likely N-dealkylation sites (N-methyl/N-ethyl adjacent to an activating group) is 1. The number of allylic oxidation sites excluding steroid dienone is 8. The number of ether oxygens (including phenoxy) is 3. The van der Waals surface area contributed by atoms with E-state index in [0.717, 1.165) is 64.2 Å². The van der Waals surface area contributed by atoms with Crippen LogP contribution in [0.1, 0.15) is 174 Å². The molecule has 0 rings (SSSR count). The lowest BCUT2D eigenvalue weighted by atomic mass is 10.0. The number of unbranched alkanes of at least 4 members (excludes halogenated alkanes) is 16. The molecule has 0 aromatic carbocycles. The summed E-state index contributed by atoms with van der Waals surface area (Å²) in [7, 11) is 5.51. The molecule has 0 saturated carbocycles. The predicted octanol–water partition coefficient (Wildman–Crippen LogP) is 11.6. The Balaban J connectivity index is 4.23. The van der Waals surface area contributed by atoms with E-state index in [1.54, 1.807) is 0 Å². The maximum absolute atomic E-state index is 12.7. The topological polar surface area (TPSA) is 99.1 Å². The average Bonchev–Trinajstić information content (AvgIpc) is 3.12. The van der Waals surface area contributed by atoms with E-state index in [1.165, 1.54) is 77.0 Å². The number of hydrogen-bond donors (Lipinski definition) is 1. The Morgan fingerprint density at radius 3 is 1.46 bits per heavy atom. The number of hydrogen-bond acceptors (Lipinski definition) is 6. The molecule has 0 saturated heterocycles. The summed E-state index contributed by atoms with van der Waals surface area (Å²) >= 11 is 0. The van der Waals surface area contributed by atoms with Gasteiger partial charge in [0.15, 0.2) is 12.1 Å². The van der Waals surface area contributed by atoms with Gasteiger partial charge in [-0.15, -0.1) is 0 Å². The van der Waals surface area contributed by atoms with Crippen LogP contribution in [-0.4, -0.2) is 80.6 Å². The van der Waals surface area contributed by atoms with Gasteiger partial charge in [-0.1, -0.05) is 140 Å². The lowest BCUT2D eigenvalue weighted by Crippen LogP contribution is -2.50. The van der Waals surface area contributed by atoms with Crippen LogP contribution in [0.4, 0.5) is 0 Å². The highest BCUT2D eigenvalue weighted by Gasteiger charge is 2.31. The van der Waals surface area contributed by atoms with Gasteiger partial charge in [0.25, 0.3) is 0 Å². The minimum atomic E-state index is -0.880. The van der Waals surface area contributed by atoms with E-state index < -0.39 is 18.1 Å². The van der Waals surface area contributed by atoms with Crippen LogP contribution in [-0.2, 0) is 28.6 Å². The summed E-state index contributed by atoms with van der Waals surface area (Å²) in [4.78, 5) is 36.8. The number of esters is 2. The highest BCUT2D eigenvalue weighted by Crippen LogP contribution is 2.15. The molecule has 0 aliphatic rings. The van der Waals surface area contributed by atoms with Gasteiger partial charge in [0.1, 0.15) is 6.61 Å². The minimum absolute atomic E-state index is 0.0508. The largest absolute Gasteiger partial charge is 0.477 e. The van der Waals surface area contributed by atoms with Crippen LogP contribution in [0.3, 0.4) is 0 Å². The third-order valence-electron chi connectivity index (χ3n) is 9.47. The fourth-order valence-corrected chi connectivity index (χ4v) is 6.17. The Labute approximate surface area is 331 Å². The standard InChI is InChI=1S/C46H81NO7/c1-6-8-10-12-14-16-17-18-19-20-21-22-23-24-25-26-27-29-31-33-35-37-45(49)54-42(40-52-39-38-43(46(50)51)47(3,4)5)41-53-44(48)36-34-32-30-28-15-13-11-9-7-2/h8-11,14-16,28,42-43H,6-7,12-13,17-27,29-41H2,1-5H3/p+1/b10-8+,11-9+,16-14+,28-15+. The predicted molar refractivity (Wildman–Crippen MR) is 224 cm³/mol. The first-order valence-electron chi connectivity index (χ1n) is 21.7. The van der Waals surface area contributed by atoms with Crippen molar-refractivity contribution in [3.05, 3.63) is 48.6 Å². The molecule has 8 heteroatoms. The van der Waals surface area contributed by atoms with E-state index in [2.05, 4.69) is 62.5 Å². The first-order chi connectivity index (χ1) is 26.1. The monoisotopic (exact) mass is 761 g/mol. The van der Waals surface area contributed by atoms with Crippen LogP contribution in [0.15, 0.2) is 48.6 Å². The Bertz CT molecular complexity index is 1030. The summed E-state index contributed by atoms with van der Waals surface area (Å²) in [5, 5.41) is 9.60. The van der Waals surface area contributed by atoms with Gasteiger partial charge in [0.2, 0.25) is 0 Å². The Morgan fingerprint density at radius 2 is 0.981 bits per heavy atom. The van der Waals surface area contributed by atoms with Crippen molar-refractivity contribution >= 4 is 17.9 Å². The summed E-state index contributed by atoms with van der Waals surface area (Å²) in [6, 6.07) is -0.618. The molecule has 2 atom stereocenters. The quantitative estimate of drug-likeness (QED) is 0.0289. The number of carboxylic acids is 1. The van der Waals surface area contributed by atoms with Crippen LogP contribution in [0, 0.1) is 0 Å². The molecular formula is C46H82NO7+. The highest BCUT2D eigenvalue weighted by molar-refractivity contribution is 5.72. The molecular weight excluding hydrogens is 679 g/mol. The van der Waals surface area contributed by atoms with E-state index in [1.807, 2.05) is 21.1 Å². The lowest BCUT2D eigenvalue weighted by molar-refractivity contribution is -0.887. The van der Waals surface area contributed by atoms with Crippen molar-refractivity contribution in [1.29, 1.82) is 0 Å².